The summed E-state index contributed by atoms with van der Waals surface area (Å²) >= 11 is 0. The van der Waals surface area contributed by atoms with Crippen molar-refractivity contribution in [3.8, 4) is 0 Å². The summed E-state index contributed by atoms with van der Waals surface area (Å²) in [5, 5.41) is 0. The fourth-order valence-corrected chi connectivity index (χ4v) is 2.36. The van der Waals surface area contributed by atoms with E-state index in [0.717, 1.165) is 13.2 Å². The number of ether oxygens (including phenoxy) is 2. The van der Waals surface area contributed by atoms with Gasteiger partial charge in [-0.1, -0.05) is 0 Å². The SMILES string of the molecule is CC(C)(C)OCC12CCC(CC1)OC2. The average Bonchev–Trinajstić information content (AvgIpc) is 2.17. The third-order valence-electron chi connectivity index (χ3n) is 3.43. The van der Waals surface area contributed by atoms with Crippen molar-refractivity contribution in [2.45, 2.75) is 58.2 Å². The van der Waals surface area contributed by atoms with Crippen molar-refractivity contribution in [1.82, 2.24) is 0 Å². The first-order valence-electron chi connectivity index (χ1n) is 5.75. The molecule has 0 N–H and O–H groups in total. The number of hydrogen-bond acceptors (Lipinski definition) is 2. The average molecular weight is 198 g/mol. The zero-order chi connectivity index (χ0) is 10.2. The highest BCUT2D eigenvalue weighted by Crippen LogP contribution is 2.43. The molecule has 0 unspecified atom stereocenters. The standard InChI is InChI=1S/C12H22O2/c1-11(2,3)14-9-12-6-4-10(5-7-12)13-8-12/h10H,4-9H2,1-3H3. The van der Waals surface area contributed by atoms with Crippen LogP contribution in [-0.2, 0) is 9.47 Å². The highest BCUT2D eigenvalue weighted by atomic mass is 16.5. The molecule has 2 saturated heterocycles. The van der Waals surface area contributed by atoms with Crippen LogP contribution in [0.5, 0.6) is 0 Å². The van der Waals surface area contributed by atoms with Crippen LogP contribution in [0.25, 0.3) is 0 Å². The topological polar surface area (TPSA) is 18.5 Å². The molecule has 2 heterocycles. The maximum Gasteiger partial charge on any atom is 0.0598 e. The molecule has 0 aromatic rings. The molecular weight excluding hydrogens is 176 g/mol. The Labute approximate surface area is 87.0 Å². The van der Waals surface area contributed by atoms with Crippen LogP contribution in [0.15, 0.2) is 0 Å². The molecule has 1 aliphatic carbocycles. The van der Waals surface area contributed by atoms with Gasteiger partial charge in [0.25, 0.3) is 0 Å². The van der Waals surface area contributed by atoms with Gasteiger partial charge in [0, 0.05) is 5.41 Å². The van der Waals surface area contributed by atoms with Gasteiger partial charge in [0.1, 0.15) is 0 Å². The molecule has 2 nitrogen and oxygen atoms in total. The lowest BCUT2D eigenvalue weighted by Crippen LogP contribution is -2.46. The van der Waals surface area contributed by atoms with Crippen molar-refractivity contribution in [3.63, 3.8) is 0 Å². The second-order valence-corrected chi connectivity index (χ2v) is 5.91. The summed E-state index contributed by atoms with van der Waals surface area (Å²) in [6, 6.07) is 0. The van der Waals surface area contributed by atoms with E-state index in [9.17, 15) is 0 Å². The lowest BCUT2D eigenvalue weighted by atomic mass is 9.72. The largest absolute Gasteiger partial charge is 0.378 e. The van der Waals surface area contributed by atoms with Crippen LogP contribution in [0.4, 0.5) is 0 Å². The van der Waals surface area contributed by atoms with Gasteiger partial charge in [-0.25, -0.2) is 0 Å². The van der Waals surface area contributed by atoms with Gasteiger partial charge in [0.2, 0.25) is 0 Å². The van der Waals surface area contributed by atoms with E-state index in [4.69, 9.17) is 9.47 Å². The minimum absolute atomic E-state index is 0.0109. The monoisotopic (exact) mass is 198 g/mol. The van der Waals surface area contributed by atoms with E-state index >= 15 is 0 Å². The van der Waals surface area contributed by atoms with E-state index < -0.39 is 0 Å². The minimum atomic E-state index is -0.0109. The third-order valence-corrected chi connectivity index (χ3v) is 3.43. The molecule has 2 aliphatic heterocycles. The van der Waals surface area contributed by atoms with Crippen LogP contribution in [0.2, 0.25) is 0 Å². The van der Waals surface area contributed by atoms with Gasteiger partial charge in [-0.2, -0.15) is 0 Å². The van der Waals surface area contributed by atoms with Gasteiger partial charge in [0.15, 0.2) is 0 Å². The molecule has 0 aromatic heterocycles. The molecule has 0 spiro atoms. The highest BCUT2D eigenvalue weighted by molar-refractivity contribution is 4.91. The molecule has 3 rings (SSSR count). The van der Waals surface area contributed by atoms with Crippen LogP contribution in [0, 0.1) is 5.41 Å². The van der Waals surface area contributed by atoms with Crippen molar-refractivity contribution in [2.75, 3.05) is 13.2 Å². The predicted octanol–water partition coefficient (Wildman–Crippen LogP) is 2.76. The maximum atomic E-state index is 5.91. The van der Waals surface area contributed by atoms with Gasteiger partial charge in [-0.05, 0) is 46.5 Å². The minimum Gasteiger partial charge on any atom is -0.378 e. The first-order valence-corrected chi connectivity index (χ1v) is 5.75. The molecule has 2 heteroatoms. The molecule has 82 valence electrons. The second-order valence-electron chi connectivity index (χ2n) is 5.91. The molecular formula is C12H22O2. The van der Waals surface area contributed by atoms with E-state index in [1.807, 2.05) is 0 Å². The third kappa shape index (κ3) is 2.29. The summed E-state index contributed by atoms with van der Waals surface area (Å²) in [5.74, 6) is 0. The highest BCUT2D eigenvalue weighted by Gasteiger charge is 2.42. The molecule has 0 atom stereocenters. The van der Waals surface area contributed by atoms with Crippen LogP contribution in [-0.4, -0.2) is 24.9 Å². The Morgan fingerprint density at radius 2 is 1.93 bits per heavy atom. The quantitative estimate of drug-likeness (QED) is 0.679. The summed E-state index contributed by atoms with van der Waals surface area (Å²) in [5.41, 5.74) is 0.338. The van der Waals surface area contributed by atoms with Crippen LogP contribution < -0.4 is 0 Å². The maximum absolute atomic E-state index is 5.91. The first kappa shape index (κ1) is 10.4. The molecule has 0 aromatic carbocycles. The van der Waals surface area contributed by atoms with E-state index in [1.54, 1.807) is 0 Å². The fraction of sp³-hybridized carbons (Fsp3) is 1.00. The Morgan fingerprint density at radius 3 is 2.36 bits per heavy atom. The summed E-state index contributed by atoms with van der Waals surface area (Å²) in [6.07, 6.45) is 5.65. The van der Waals surface area contributed by atoms with Gasteiger partial charge in [-0.3, -0.25) is 0 Å². The number of fused-ring (bicyclic) bond motifs is 3. The Hall–Kier alpha value is -0.0800. The van der Waals surface area contributed by atoms with Crippen molar-refractivity contribution in [3.05, 3.63) is 0 Å². The van der Waals surface area contributed by atoms with Gasteiger partial charge < -0.3 is 9.47 Å². The van der Waals surface area contributed by atoms with Crippen molar-refractivity contribution < 1.29 is 9.47 Å². The molecule has 0 amide bonds. The molecule has 2 bridgehead atoms. The Morgan fingerprint density at radius 1 is 1.29 bits per heavy atom. The van der Waals surface area contributed by atoms with Gasteiger partial charge in [0.05, 0.1) is 24.9 Å². The van der Waals surface area contributed by atoms with Crippen molar-refractivity contribution >= 4 is 0 Å². The Balaban J connectivity index is 1.89. The first-order chi connectivity index (χ1) is 6.49. The summed E-state index contributed by atoms with van der Waals surface area (Å²) in [6.45, 7) is 8.17. The summed E-state index contributed by atoms with van der Waals surface area (Å²) in [7, 11) is 0. The van der Waals surface area contributed by atoms with Crippen molar-refractivity contribution in [1.29, 1.82) is 0 Å². The smallest absolute Gasteiger partial charge is 0.0598 e. The molecule has 3 aliphatic rings. The normalized spacial score (nSPS) is 37.5. The van der Waals surface area contributed by atoms with Crippen LogP contribution in [0.1, 0.15) is 46.5 Å². The molecule has 1 saturated carbocycles. The fourth-order valence-electron chi connectivity index (χ4n) is 2.36. The summed E-state index contributed by atoms with van der Waals surface area (Å²) < 4.78 is 11.7. The Kier molecular flexibility index (Phi) is 2.61. The Bertz CT molecular complexity index is 183. The lowest BCUT2D eigenvalue weighted by molar-refractivity contribution is -0.159. The van der Waals surface area contributed by atoms with Crippen LogP contribution >= 0.6 is 0 Å². The molecule has 3 fully saturated rings. The zero-order valence-electron chi connectivity index (χ0n) is 9.64. The van der Waals surface area contributed by atoms with E-state index in [0.29, 0.717) is 11.5 Å². The van der Waals surface area contributed by atoms with E-state index in [2.05, 4.69) is 20.8 Å². The number of rotatable bonds is 2. The lowest BCUT2D eigenvalue weighted by Gasteiger charge is -2.46. The van der Waals surface area contributed by atoms with Crippen LogP contribution in [0.3, 0.4) is 0 Å². The summed E-state index contributed by atoms with van der Waals surface area (Å²) in [4.78, 5) is 0. The zero-order valence-corrected chi connectivity index (χ0v) is 9.64. The van der Waals surface area contributed by atoms with E-state index in [-0.39, 0.29) is 5.60 Å². The number of hydrogen-bond donors (Lipinski definition) is 0. The predicted molar refractivity (Wildman–Crippen MR) is 56.3 cm³/mol. The second kappa shape index (κ2) is 3.49. The van der Waals surface area contributed by atoms with Gasteiger partial charge >= 0.3 is 0 Å². The van der Waals surface area contributed by atoms with Gasteiger partial charge in [-0.15, -0.1) is 0 Å². The molecule has 0 radical (unpaired) electrons. The van der Waals surface area contributed by atoms with E-state index in [1.165, 1.54) is 25.7 Å². The van der Waals surface area contributed by atoms with Crippen molar-refractivity contribution in [2.24, 2.45) is 5.41 Å². The molecule has 14 heavy (non-hydrogen) atoms.